The lowest BCUT2D eigenvalue weighted by Crippen LogP contribution is -2.35. The first kappa shape index (κ1) is 22.3. The number of carbonyl (C=O) groups is 3. The Kier molecular flexibility index (Phi) is 12.7. The number of hydrogen-bond donors (Lipinski definition) is 4. The minimum atomic E-state index is -0.792. The summed E-state index contributed by atoms with van der Waals surface area (Å²) in [6, 6.07) is -1.54. The molecule has 2 unspecified atom stereocenters. The lowest BCUT2D eigenvalue weighted by atomic mass is 10.1. The summed E-state index contributed by atoms with van der Waals surface area (Å²) in [6.45, 7) is 2.02. The molecule has 24 heavy (non-hydrogen) atoms. The predicted molar refractivity (Wildman–Crippen MR) is 88.4 cm³/mol. The number of unbranched alkanes of at least 4 members (excludes halogenated alkanes) is 2. The van der Waals surface area contributed by atoms with Gasteiger partial charge in [0, 0.05) is 13.5 Å². The molecule has 0 aliphatic rings. The van der Waals surface area contributed by atoms with Gasteiger partial charge < -0.3 is 32.0 Å². The topological polar surface area (TPSA) is 160 Å². The van der Waals surface area contributed by atoms with E-state index in [1.54, 1.807) is 0 Å². The quantitative estimate of drug-likeness (QED) is 0.190. The Morgan fingerprint density at radius 2 is 1.42 bits per heavy atom. The number of nitrogens with two attached hydrogens (primary N) is 3. The van der Waals surface area contributed by atoms with Crippen molar-refractivity contribution in [1.82, 2.24) is 5.32 Å². The van der Waals surface area contributed by atoms with Crippen LogP contribution in [-0.4, -0.2) is 49.8 Å². The number of esters is 2. The van der Waals surface area contributed by atoms with Gasteiger partial charge in [0.2, 0.25) is 12.7 Å². The summed E-state index contributed by atoms with van der Waals surface area (Å²) < 4.78 is 9.58. The molecule has 140 valence electrons. The van der Waals surface area contributed by atoms with E-state index in [2.05, 4.69) is 5.32 Å². The largest absolute Gasteiger partial charge is 0.427 e. The summed E-state index contributed by atoms with van der Waals surface area (Å²) in [4.78, 5) is 33.9. The second kappa shape index (κ2) is 13.7. The molecule has 0 aliphatic heterocycles. The zero-order valence-corrected chi connectivity index (χ0v) is 14.3. The third-order valence-electron chi connectivity index (χ3n) is 3.29. The Labute approximate surface area is 142 Å². The number of ether oxygens (including phenoxy) is 2. The van der Waals surface area contributed by atoms with Crippen LogP contribution in [0.4, 0.5) is 0 Å². The zero-order chi connectivity index (χ0) is 18.4. The maximum atomic E-state index is 11.6. The highest BCUT2D eigenvalue weighted by Gasteiger charge is 2.18. The van der Waals surface area contributed by atoms with Crippen LogP contribution < -0.4 is 22.5 Å². The minimum Gasteiger partial charge on any atom is -0.427 e. The highest BCUT2D eigenvalue weighted by atomic mass is 16.7. The van der Waals surface area contributed by atoms with Crippen molar-refractivity contribution in [3.8, 4) is 0 Å². The maximum absolute atomic E-state index is 11.6. The second-order valence-corrected chi connectivity index (χ2v) is 5.52. The zero-order valence-electron chi connectivity index (χ0n) is 14.3. The first-order chi connectivity index (χ1) is 11.4. The minimum absolute atomic E-state index is 0.0956. The first-order valence-corrected chi connectivity index (χ1v) is 8.17. The van der Waals surface area contributed by atoms with Gasteiger partial charge in [0.25, 0.3) is 0 Å². The molecular weight excluding hydrogens is 316 g/mol. The molecule has 0 heterocycles. The van der Waals surface area contributed by atoms with E-state index in [9.17, 15) is 14.4 Å². The molecule has 0 aliphatic carbocycles. The molecule has 0 rings (SSSR count). The molecule has 2 atom stereocenters. The highest BCUT2D eigenvalue weighted by Crippen LogP contribution is 2.02. The molecule has 0 fully saturated rings. The molecule has 0 radical (unpaired) electrons. The first-order valence-electron chi connectivity index (χ1n) is 8.17. The number of hydrogen-bond acceptors (Lipinski definition) is 8. The van der Waals surface area contributed by atoms with E-state index < -0.39 is 30.8 Å². The molecule has 0 aromatic heterocycles. The standard InChI is InChI=1S/C15H30N4O5/c1-11(20)19-9-5-3-7-13(18)15(22)24-10-23-14(21)12(17)6-2-4-8-16/h12-13H,2-10,16-18H2,1H3,(H,19,20). The Morgan fingerprint density at radius 1 is 0.917 bits per heavy atom. The predicted octanol–water partition coefficient (Wildman–Crippen LogP) is -0.880. The number of amides is 1. The van der Waals surface area contributed by atoms with Gasteiger partial charge >= 0.3 is 11.9 Å². The van der Waals surface area contributed by atoms with Crippen molar-refractivity contribution in [3.63, 3.8) is 0 Å². The van der Waals surface area contributed by atoms with E-state index in [1.165, 1.54) is 6.92 Å². The van der Waals surface area contributed by atoms with Crippen molar-refractivity contribution in [2.75, 3.05) is 19.9 Å². The van der Waals surface area contributed by atoms with Gasteiger partial charge in [0.05, 0.1) is 0 Å². The van der Waals surface area contributed by atoms with Crippen LogP contribution in [0.2, 0.25) is 0 Å². The Balaban J connectivity index is 3.75. The molecule has 9 nitrogen and oxygen atoms in total. The van der Waals surface area contributed by atoms with Gasteiger partial charge in [-0.2, -0.15) is 0 Å². The third kappa shape index (κ3) is 11.8. The summed E-state index contributed by atoms with van der Waals surface area (Å²) in [5.41, 5.74) is 16.7. The monoisotopic (exact) mass is 346 g/mol. The van der Waals surface area contributed by atoms with E-state index in [1.807, 2.05) is 0 Å². The molecule has 0 spiro atoms. The van der Waals surface area contributed by atoms with Crippen LogP contribution >= 0.6 is 0 Å². The van der Waals surface area contributed by atoms with Crippen molar-refractivity contribution in [3.05, 3.63) is 0 Å². The molecule has 0 aromatic rings. The van der Waals surface area contributed by atoms with Crippen molar-refractivity contribution in [1.29, 1.82) is 0 Å². The van der Waals surface area contributed by atoms with Crippen LogP contribution in [0, 0.1) is 0 Å². The summed E-state index contributed by atoms with van der Waals surface area (Å²) in [5, 5.41) is 2.65. The fourth-order valence-electron chi connectivity index (χ4n) is 1.86. The molecule has 9 heteroatoms. The highest BCUT2D eigenvalue weighted by molar-refractivity contribution is 5.77. The van der Waals surface area contributed by atoms with Crippen molar-refractivity contribution in [2.45, 2.75) is 57.5 Å². The van der Waals surface area contributed by atoms with E-state index in [0.717, 1.165) is 12.8 Å². The molecule has 0 aromatic carbocycles. The third-order valence-corrected chi connectivity index (χ3v) is 3.29. The molecule has 0 bridgehead atoms. The van der Waals surface area contributed by atoms with Crippen LogP contribution in [0.5, 0.6) is 0 Å². The lowest BCUT2D eigenvalue weighted by Gasteiger charge is -2.13. The van der Waals surface area contributed by atoms with Gasteiger partial charge in [-0.1, -0.05) is 6.42 Å². The maximum Gasteiger partial charge on any atom is 0.325 e. The summed E-state index contributed by atoms with van der Waals surface area (Å²) >= 11 is 0. The van der Waals surface area contributed by atoms with Gasteiger partial charge in [-0.05, 0) is 38.6 Å². The fourth-order valence-corrected chi connectivity index (χ4v) is 1.86. The van der Waals surface area contributed by atoms with Crippen LogP contribution in [0.15, 0.2) is 0 Å². The second-order valence-electron chi connectivity index (χ2n) is 5.52. The summed E-state index contributed by atoms with van der Waals surface area (Å²) in [7, 11) is 0. The SMILES string of the molecule is CC(=O)NCCCCC(N)C(=O)OCOC(=O)C(N)CCCCN. The molecule has 1 amide bonds. The molecule has 7 N–H and O–H groups in total. The smallest absolute Gasteiger partial charge is 0.325 e. The lowest BCUT2D eigenvalue weighted by molar-refractivity contribution is -0.169. The number of nitrogens with one attached hydrogen (secondary N) is 1. The number of rotatable bonds is 13. The molecular formula is C15H30N4O5. The van der Waals surface area contributed by atoms with Crippen molar-refractivity contribution < 1.29 is 23.9 Å². The Hall–Kier alpha value is -1.71. The van der Waals surface area contributed by atoms with Crippen LogP contribution in [0.3, 0.4) is 0 Å². The Morgan fingerprint density at radius 3 is 1.88 bits per heavy atom. The number of carbonyl (C=O) groups excluding carboxylic acids is 3. The average Bonchev–Trinajstić information content (AvgIpc) is 2.53. The van der Waals surface area contributed by atoms with Gasteiger partial charge in [0.1, 0.15) is 12.1 Å². The normalized spacial score (nSPS) is 13.0. The molecule has 0 saturated carbocycles. The Bertz CT molecular complexity index is 392. The van der Waals surface area contributed by atoms with Gasteiger partial charge in [0.15, 0.2) is 0 Å². The van der Waals surface area contributed by atoms with Crippen molar-refractivity contribution >= 4 is 17.8 Å². The van der Waals surface area contributed by atoms with E-state index in [-0.39, 0.29) is 5.91 Å². The summed E-state index contributed by atoms with van der Waals surface area (Å²) in [6.07, 6.45) is 3.79. The van der Waals surface area contributed by atoms with Gasteiger partial charge in [-0.25, -0.2) is 0 Å². The van der Waals surface area contributed by atoms with Gasteiger partial charge in [-0.15, -0.1) is 0 Å². The van der Waals surface area contributed by atoms with E-state index in [0.29, 0.717) is 38.8 Å². The van der Waals surface area contributed by atoms with Crippen molar-refractivity contribution in [2.24, 2.45) is 17.2 Å². The van der Waals surface area contributed by atoms with Crippen LogP contribution in [-0.2, 0) is 23.9 Å². The molecule has 0 saturated heterocycles. The summed E-state index contributed by atoms with van der Waals surface area (Å²) in [5.74, 6) is -1.36. The van der Waals surface area contributed by atoms with Crippen LogP contribution in [0.1, 0.15) is 45.4 Å². The average molecular weight is 346 g/mol. The van der Waals surface area contributed by atoms with E-state index >= 15 is 0 Å². The van der Waals surface area contributed by atoms with Crippen LogP contribution in [0.25, 0.3) is 0 Å². The fraction of sp³-hybridized carbons (Fsp3) is 0.800. The van der Waals surface area contributed by atoms with E-state index in [4.69, 9.17) is 26.7 Å². The van der Waals surface area contributed by atoms with Gasteiger partial charge in [-0.3, -0.25) is 14.4 Å².